The molecule has 0 fully saturated rings. The third-order valence-electron chi connectivity index (χ3n) is 5.44. The molecule has 1 aromatic heterocycles. The molecule has 0 radical (unpaired) electrons. The van der Waals surface area contributed by atoms with Gasteiger partial charge in [0.1, 0.15) is 5.82 Å². The Balaban J connectivity index is 1.62. The van der Waals surface area contributed by atoms with Crippen LogP contribution in [0.25, 0.3) is 10.9 Å². The normalized spacial score (nSPS) is 11.3. The number of fused-ring (bicyclic) bond motifs is 1. The zero-order valence-electron chi connectivity index (χ0n) is 21.1. The molecule has 196 valence electrons. The van der Waals surface area contributed by atoms with Crippen LogP contribution in [-0.2, 0) is 4.79 Å². The van der Waals surface area contributed by atoms with Crippen LogP contribution in [0.2, 0.25) is 0 Å². The number of aromatic nitrogens is 2. The Bertz CT molecular complexity index is 1550. The fourth-order valence-electron chi connectivity index (χ4n) is 3.66. The molecule has 10 heteroatoms. The number of nitrogens with one attached hydrogen (secondary N) is 1. The Morgan fingerprint density at radius 3 is 2.53 bits per heavy atom. The Morgan fingerprint density at radius 2 is 1.82 bits per heavy atom. The summed E-state index contributed by atoms with van der Waals surface area (Å²) in [6, 6.07) is 18.0. The molecule has 0 spiro atoms. The lowest BCUT2D eigenvalue weighted by Crippen LogP contribution is -2.23. The second kappa shape index (κ2) is 12.4. The molecule has 0 aliphatic rings. The van der Waals surface area contributed by atoms with Crippen molar-refractivity contribution in [2.75, 3.05) is 18.5 Å². The van der Waals surface area contributed by atoms with Gasteiger partial charge in [0.15, 0.2) is 18.1 Å². The van der Waals surface area contributed by atoms with E-state index in [1.165, 1.54) is 4.68 Å². The van der Waals surface area contributed by atoms with Crippen LogP contribution in [0.1, 0.15) is 38.1 Å². The highest BCUT2D eigenvalue weighted by molar-refractivity contribution is 9.10. The molecule has 0 aliphatic heterocycles. The highest BCUT2D eigenvalue weighted by Gasteiger charge is 2.15. The number of para-hydroxylation sites is 1. The number of rotatable bonds is 9. The van der Waals surface area contributed by atoms with E-state index in [-0.39, 0.29) is 24.0 Å². The van der Waals surface area contributed by atoms with Crippen LogP contribution in [-0.4, -0.2) is 35.0 Å². The summed E-state index contributed by atoms with van der Waals surface area (Å²) >= 11 is 6.97. The van der Waals surface area contributed by atoms with Crippen molar-refractivity contribution in [3.05, 3.63) is 91.4 Å². The number of anilines is 1. The van der Waals surface area contributed by atoms with Crippen LogP contribution in [0, 0.1) is 0 Å². The van der Waals surface area contributed by atoms with Gasteiger partial charge in [-0.3, -0.25) is 9.59 Å². The van der Waals surface area contributed by atoms with Crippen LogP contribution in [0.3, 0.4) is 0 Å². The van der Waals surface area contributed by atoms with E-state index in [2.05, 4.69) is 47.3 Å². The number of benzene rings is 3. The summed E-state index contributed by atoms with van der Waals surface area (Å²) in [4.78, 5) is 30.3. The van der Waals surface area contributed by atoms with Gasteiger partial charge in [-0.2, -0.15) is 9.78 Å². The van der Waals surface area contributed by atoms with Gasteiger partial charge in [0.05, 0.1) is 23.7 Å². The van der Waals surface area contributed by atoms with E-state index >= 15 is 0 Å². The summed E-state index contributed by atoms with van der Waals surface area (Å²) in [5.74, 6) is 1.06. The smallest absolute Gasteiger partial charge is 0.282 e. The largest absolute Gasteiger partial charge is 0.490 e. The van der Waals surface area contributed by atoms with Gasteiger partial charge < -0.3 is 14.8 Å². The summed E-state index contributed by atoms with van der Waals surface area (Å²) in [7, 11) is 0. The lowest BCUT2D eigenvalue weighted by atomic mass is 10.2. The fourth-order valence-corrected chi connectivity index (χ4v) is 4.45. The van der Waals surface area contributed by atoms with E-state index < -0.39 is 0 Å². The van der Waals surface area contributed by atoms with Crippen LogP contribution in [0.5, 0.6) is 11.5 Å². The van der Waals surface area contributed by atoms with E-state index in [1.54, 1.807) is 36.5 Å². The van der Waals surface area contributed by atoms with E-state index in [1.807, 2.05) is 51.1 Å². The van der Waals surface area contributed by atoms with Gasteiger partial charge in [-0.1, -0.05) is 48.0 Å². The van der Waals surface area contributed by atoms with Crippen LogP contribution >= 0.6 is 31.9 Å². The summed E-state index contributed by atoms with van der Waals surface area (Å²) in [6.45, 7) is 5.98. The molecule has 0 saturated carbocycles. The first kappa shape index (κ1) is 27.5. The lowest BCUT2D eigenvalue weighted by molar-refractivity contribution is -0.118. The van der Waals surface area contributed by atoms with Gasteiger partial charge in [-0.25, -0.2) is 4.98 Å². The average Bonchev–Trinajstić information content (AvgIpc) is 2.89. The minimum atomic E-state index is -0.295. The molecule has 1 heterocycles. The Kier molecular flexibility index (Phi) is 8.96. The Hall–Kier alpha value is -3.50. The first-order chi connectivity index (χ1) is 18.3. The van der Waals surface area contributed by atoms with Crippen molar-refractivity contribution in [1.82, 2.24) is 9.66 Å². The zero-order valence-corrected chi connectivity index (χ0v) is 24.2. The van der Waals surface area contributed by atoms with Gasteiger partial charge in [0, 0.05) is 26.1 Å². The van der Waals surface area contributed by atoms with Crippen molar-refractivity contribution in [3.8, 4) is 11.5 Å². The van der Waals surface area contributed by atoms with Gasteiger partial charge in [0.2, 0.25) is 0 Å². The summed E-state index contributed by atoms with van der Waals surface area (Å²) in [5, 5.41) is 7.75. The molecule has 1 amide bonds. The second-order valence-corrected chi connectivity index (χ2v) is 10.4. The topological polar surface area (TPSA) is 94.8 Å². The first-order valence-electron chi connectivity index (χ1n) is 12.0. The van der Waals surface area contributed by atoms with Crippen molar-refractivity contribution in [1.29, 1.82) is 0 Å². The fraction of sp³-hybridized carbons (Fsp3) is 0.214. The van der Waals surface area contributed by atoms with Crippen molar-refractivity contribution in [2.45, 2.75) is 26.7 Å². The SMILES string of the molecule is CCOc1cc(C=Nn2c(C(C)C)nc3ccc(Br)cc3c2=O)c(Br)cc1OCC(=O)Nc1ccccc1. The Labute approximate surface area is 236 Å². The van der Waals surface area contributed by atoms with Crippen molar-refractivity contribution >= 4 is 60.6 Å². The summed E-state index contributed by atoms with van der Waals surface area (Å²) in [5.41, 5.74) is 1.70. The third kappa shape index (κ3) is 6.49. The maximum atomic E-state index is 13.3. The van der Waals surface area contributed by atoms with E-state index in [0.29, 0.717) is 50.6 Å². The molecular weight excluding hydrogens is 616 g/mol. The predicted octanol–water partition coefficient (Wildman–Crippen LogP) is 6.34. The second-order valence-electron chi connectivity index (χ2n) is 8.60. The van der Waals surface area contributed by atoms with Crippen molar-refractivity contribution < 1.29 is 14.3 Å². The zero-order chi connectivity index (χ0) is 27.2. The molecule has 1 N–H and O–H groups in total. The molecule has 8 nitrogen and oxygen atoms in total. The quantitative estimate of drug-likeness (QED) is 0.215. The standard InChI is InChI=1S/C28H26Br2N4O4/c1-4-37-24-12-18(22(30)14-25(24)38-16-26(35)32-20-8-6-5-7-9-20)15-31-34-27(17(2)3)33-23-11-10-19(29)13-21(23)28(34)36/h5-15,17H,4,16H2,1-3H3,(H,32,35). The number of ether oxygens (including phenoxy) is 2. The average molecular weight is 642 g/mol. The van der Waals surface area contributed by atoms with Crippen molar-refractivity contribution in [3.63, 3.8) is 0 Å². The highest BCUT2D eigenvalue weighted by Crippen LogP contribution is 2.33. The van der Waals surface area contributed by atoms with Crippen LogP contribution < -0.4 is 20.3 Å². The highest BCUT2D eigenvalue weighted by atomic mass is 79.9. The minimum absolute atomic E-state index is 0.0341. The van der Waals surface area contributed by atoms with Gasteiger partial charge in [-0.15, -0.1) is 0 Å². The molecule has 0 atom stereocenters. The minimum Gasteiger partial charge on any atom is -0.490 e. The number of carbonyl (C=O) groups excluding carboxylic acids is 1. The predicted molar refractivity (Wildman–Crippen MR) is 157 cm³/mol. The molecule has 0 unspecified atom stereocenters. The number of hydrogen-bond donors (Lipinski definition) is 1. The number of hydrogen-bond acceptors (Lipinski definition) is 6. The maximum Gasteiger partial charge on any atom is 0.282 e. The molecule has 0 bridgehead atoms. The van der Waals surface area contributed by atoms with Crippen molar-refractivity contribution in [2.24, 2.45) is 5.10 Å². The molecular formula is C28H26Br2N4O4. The Morgan fingerprint density at radius 1 is 1.08 bits per heavy atom. The van der Waals surface area contributed by atoms with E-state index in [9.17, 15) is 9.59 Å². The van der Waals surface area contributed by atoms with E-state index in [0.717, 1.165) is 4.47 Å². The molecule has 4 rings (SSSR count). The number of nitrogens with zero attached hydrogens (tertiary/aromatic N) is 3. The number of carbonyl (C=O) groups is 1. The molecule has 0 saturated heterocycles. The number of amides is 1. The van der Waals surface area contributed by atoms with Gasteiger partial charge in [0.25, 0.3) is 11.5 Å². The van der Waals surface area contributed by atoms with Crippen LogP contribution in [0.15, 0.2) is 79.5 Å². The monoisotopic (exact) mass is 640 g/mol. The van der Waals surface area contributed by atoms with Crippen LogP contribution in [0.4, 0.5) is 5.69 Å². The maximum absolute atomic E-state index is 13.3. The molecule has 0 aliphatic carbocycles. The third-order valence-corrected chi connectivity index (χ3v) is 6.62. The number of halogens is 2. The molecule has 3 aromatic carbocycles. The van der Waals surface area contributed by atoms with Gasteiger partial charge >= 0.3 is 0 Å². The summed E-state index contributed by atoms with van der Waals surface area (Å²) in [6.07, 6.45) is 1.57. The van der Waals surface area contributed by atoms with Gasteiger partial charge in [-0.05, 0) is 65.3 Å². The summed E-state index contributed by atoms with van der Waals surface area (Å²) < 4.78 is 14.3. The molecule has 38 heavy (non-hydrogen) atoms. The van der Waals surface area contributed by atoms with E-state index in [4.69, 9.17) is 9.47 Å². The first-order valence-corrected chi connectivity index (χ1v) is 13.6. The molecule has 4 aromatic rings. The lowest BCUT2D eigenvalue weighted by Gasteiger charge is -2.14.